The summed E-state index contributed by atoms with van der Waals surface area (Å²) in [7, 11) is 0. The van der Waals surface area contributed by atoms with Gasteiger partial charge in [-0.15, -0.1) is 0 Å². The second-order valence-corrected chi connectivity index (χ2v) is 6.03. The van der Waals surface area contributed by atoms with Crippen LogP contribution in [0.4, 0.5) is 0 Å². The van der Waals surface area contributed by atoms with Crippen LogP contribution in [0.2, 0.25) is 0 Å². The largest absolute Gasteiger partial charge is 0.292 e. The topological polar surface area (TPSA) is 67.2 Å². The molecular weight excluding hydrogens is 338 g/mol. The molecule has 0 unspecified atom stereocenters. The molecule has 0 spiro atoms. The quantitative estimate of drug-likeness (QED) is 0.327. The van der Waals surface area contributed by atoms with Crippen molar-refractivity contribution in [3.05, 3.63) is 90.5 Å². The molecule has 3 aromatic carbocycles. The summed E-state index contributed by atoms with van der Waals surface area (Å²) >= 11 is 0. The van der Waals surface area contributed by atoms with Gasteiger partial charge in [0.25, 0.3) is 5.91 Å². The lowest BCUT2D eigenvalue weighted by molar-refractivity contribution is -0.124. The van der Waals surface area contributed by atoms with Crippen LogP contribution in [0.1, 0.15) is 5.56 Å². The molecule has 0 saturated carbocycles. The number of aromatic nitrogens is 2. The molecule has 1 amide bonds. The molecule has 132 valence electrons. The SMILES string of the molecule is O=C(C=Cc1cccc(-c2nc3ccccc3n2-c2ccccc2)c1)NO. The normalized spacial score (nSPS) is 11.1. The van der Waals surface area contributed by atoms with Crippen molar-refractivity contribution >= 4 is 23.0 Å². The molecule has 1 heterocycles. The Morgan fingerprint density at radius 3 is 2.56 bits per heavy atom. The third-order valence-electron chi connectivity index (χ3n) is 4.26. The third-order valence-corrected chi connectivity index (χ3v) is 4.26. The fraction of sp³-hybridized carbons (Fsp3) is 0. The van der Waals surface area contributed by atoms with Gasteiger partial charge in [-0.05, 0) is 42.0 Å². The van der Waals surface area contributed by atoms with Crippen LogP contribution in [0.15, 0.2) is 84.9 Å². The Hall–Kier alpha value is -3.70. The summed E-state index contributed by atoms with van der Waals surface area (Å²) in [6, 6.07) is 25.9. The lowest BCUT2D eigenvalue weighted by Gasteiger charge is -2.10. The van der Waals surface area contributed by atoms with Crippen LogP contribution >= 0.6 is 0 Å². The van der Waals surface area contributed by atoms with Crippen LogP contribution < -0.4 is 5.48 Å². The number of nitrogens with zero attached hydrogens (tertiary/aromatic N) is 2. The fourth-order valence-corrected chi connectivity index (χ4v) is 3.05. The summed E-state index contributed by atoms with van der Waals surface area (Å²) < 4.78 is 2.12. The molecule has 5 nitrogen and oxygen atoms in total. The van der Waals surface area contributed by atoms with Gasteiger partial charge in [0.2, 0.25) is 0 Å². The molecule has 4 aromatic rings. The first-order chi connectivity index (χ1) is 13.3. The first-order valence-corrected chi connectivity index (χ1v) is 8.52. The molecule has 0 saturated heterocycles. The number of amides is 1. The zero-order chi connectivity index (χ0) is 18.6. The summed E-state index contributed by atoms with van der Waals surface area (Å²) in [6.07, 6.45) is 2.92. The first-order valence-electron chi connectivity index (χ1n) is 8.52. The van der Waals surface area contributed by atoms with Crippen molar-refractivity contribution in [2.75, 3.05) is 0 Å². The first kappa shape index (κ1) is 16.8. The van der Waals surface area contributed by atoms with E-state index in [1.54, 1.807) is 11.6 Å². The highest BCUT2D eigenvalue weighted by Crippen LogP contribution is 2.29. The Bertz CT molecular complexity index is 1130. The van der Waals surface area contributed by atoms with Crippen molar-refractivity contribution in [2.45, 2.75) is 0 Å². The fourth-order valence-electron chi connectivity index (χ4n) is 3.05. The predicted molar refractivity (Wildman–Crippen MR) is 105 cm³/mol. The van der Waals surface area contributed by atoms with Crippen molar-refractivity contribution in [3.63, 3.8) is 0 Å². The van der Waals surface area contributed by atoms with E-state index < -0.39 is 5.91 Å². The van der Waals surface area contributed by atoms with E-state index in [-0.39, 0.29) is 0 Å². The lowest BCUT2D eigenvalue weighted by Crippen LogP contribution is -2.14. The van der Waals surface area contributed by atoms with E-state index in [2.05, 4.69) is 4.57 Å². The smallest absolute Gasteiger partial charge is 0.267 e. The standard InChI is InChI=1S/C22H17N3O2/c26-21(24-27)14-13-16-7-6-8-17(15-16)22-23-19-11-4-5-12-20(19)25(22)18-9-2-1-3-10-18/h1-15,27H,(H,24,26). The van der Waals surface area contributed by atoms with Crippen molar-refractivity contribution in [2.24, 2.45) is 0 Å². The molecule has 0 aliphatic heterocycles. The van der Waals surface area contributed by atoms with Gasteiger partial charge in [0.15, 0.2) is 0 Å². The Kier molecular flexibility index (Phi) is 4.51. The van der Waals surface area contributed by atoms with Crippen molar-refractivity contribution in [1.82, 2.24) is 15.0 Å². The average Bonchev–Trinajstić information content (AvgIpc) is 3.12. The molecule has 0 fully saturated rings. The molecule has 27 heavy (non-hydrogen) atoms. The van der Waals surface area contributed by atoms with E-state index in [9.17, 15) is 4.79 Å². The van der Waals surface area contributed by atoms with Crippen LogP contribution in [0.5, 0.6) is 0 Å². The van der Waals surface area contributed by atoms with Gasteiger partial charge < -0.3 is 0 Å². The van der Waals surface area contributed by atoms with E-state index in [1.165, 1.54) is 6.08 Å². The number of rotatable bonds is 4. The van der Waals surface area contributed by atoms with Crippen LogP contribution in [-0.4, -0.2) is 20.7 Å². The van der Waals surface area contributed by atoms with Crippen molar-refractivity contribution < 1.29 is 10.0 Å². The summed E-state index contributed by atoms with van der Waals surface area (Å²) in [6.45, 7) is 0. The minimum absolute atomic E-state index is 0.572. The number of hydrogen-bond acceptors (Lipinski definition) is 3. The number of hydrogen-bond donors (Lipinski definition) is 2. The van der Waals surface area contributed by atoms with Gasteiger partial charge in [-0.2, -0.15) is 0 Å². The van der Waals surface area contributed by atoms with Gasteiger partial charge in [-0.25, -0.2) is 10.5 Å². The molecular formula is C22H17N3O2. The summed E-state index contributed by atoms with van der Waals surface area (Å²) in [5.41, 5.74) is 6.33. The third kappa shape index (κ3) is 3.36. The van der Waals surface area contributed by atoms with E-state index in [0.29, 0.717) is 0 Å². The zero-order valence-corrected chi connectivity index (χ0v) is 14.4. The van der Waals surface area contributed by atoms with Crippen LogP contribution in [-0.2, 0) is 4.79 Å². The van der Waals surface area contributed by atoms with E-state index >= 15 is 0 Å². The van der Waals surface area contributed by atoms with Gasteiger partial charge in [-0.3, -0.25) is 14.6 Å². The molecule has 0 bridgehead atoms. The van der Waals surface area contributed by atoms with Crippen molar-refractivity contribution in [3.8, 4) is 17.1 Å². The number of fused-ring (bicyclic) bond motifs is 1. The second-order valence-electron chi connectivity index (χ2n) is 6.03. The maximum atomic E-state index is 11.2. The number of imidazole rings is 1. The number of nitrogens with one attached hydrogen (secondary N) is 1. The highest BCUT2D eigenvalue weighted by atomic mass is 16.5. The number of carbonyl (C=O) groups is 1. The minimum Gasteiger partial charge on any atom is -0.292 e. The van der Waals surface area contributed by atoms with Gasteiger partial charge >= 0.3 is 0 Å². The molecule has 0 radical (unpaired) electrons. The van der Waals surface area contributed by atoms with E-state index in [0.717, 1.165) is 33.7 Å². The zero-order valence-electron chi connectivity index (χ0n) is 14.4. The molecule has 0 aliphatic carbocycles. The molecule has 5 heteroatoms. The van der Waals surface area contributed by atoms with E-state index in [4.69, 9.17) is 10.2 Å². The monoisotopic (exact) mass is 355 g/mol. The van der Waals surface area contributed by atoms with Crippen LogP contribution in [0, 0.1) is 0 Å². The van der Waals surface area contributed by atoms with Gasteiger partial charge in [0.05, 0.1) is 11.0 Å². The van der Waals surface area contributed by atoms with Gasteiger partial charge in [-0.1, -0.05) is 48.5 Å². The molecule has 0 atom stereocenters. The van der Waals surface area contributed by atoms with Gasteiger partial charge in [0.1, 0.15) is 5.82 Å². The molecule has 4 rings (SSSR count). The minimum atomic E-state index is -0.572. The maximum Gasteiger partial charge on any atom is 0.267 e. The lowest BCUT2D eigenvalue weighted by atomic mass is 10.1. The summed E-state index contributed by atoms with van der Waals surface area (Å²) in [5.74, 6) is 0.251. The highest BCUT2D eigenvalue weighted by molar-refractivity contribution is 5.91. The number of carbonyl (C=O) groups excluding carboxylic acids is 1. The Morgan fingerprint density at radius 1 is 0.963 bits per heavy atom. The Labute approximate surface area is 156 Å². The number of benzene rings is 3. The number of hydroxylamine groups is 1. The molecule has 2 N–H and O–H groups in total. The average molecular weight is 355 g/mol. The second kappa shape index (κ2) is 7.27. The van der Waals surface area contributed by atoms with Gasteiger partial charge in [0, 0.05) is 17.3 Å². The maximum absolute atomic E-state index is 11.2. The highest BCUT2D eigenvalue weighted by Gasteiger charge is 2.13. The summed E-state index contributed by atoms with van der Waals surface area (Å²) in [5, 5.41) is 8.62. The molecule has 0 aliphatic rings. The Morgan fingerprint density at radius 2 is 1.74 bits per heavy atom. The summed E-state index contributed by atoms with van der Waals surface area (Å²) in [4.78, 5) is 16.1. The molecule has 1 aromatic heterocycles. The van der Waals surface area contributed by atoms with Crippen LogP contribution in [0.25, 0.3) is 34.2 Å². The van der Waals surface area contributed by atoms with E-state index in [1.807, 2.05) is 78.9 Å². The Balaban J connectivity index is 1.87. The number of para-hydroxylation sites is 3. The van der Waals surface area contributed by atoms with Crippen LogP contribution in [0.3, 0.4) is 0 Å². The van der Waals surface area contributed by atoms with Crippen molar-refractivity contribution in [1.29, 1.82) is 0 Å². The predicted octanol–water partition coefficient (Wildman–Crippen LogP) is 4.21.